The molecule has 0 radical (unpaired) electrons. The average Bonchev–Trinajstić information content (AvgIpc) is 3.45. The Hall–Kier alpha value is -3.45. The number of fused-ring (bicyclic) bond motifs is 1. The summed E-state index contributed by atoms with van der Waals surface area (Å²) < 4.78 is 9.19. The van der Waals surface area contributed by atoms with Crippen LogP contribution >= 0.6 is 0 Å². The second-order valence-corrected chi connectivity index (χ2v) is 7.55. The first-order chi connectivity index (χ1) is 14.8. The number of hydrogen-bond acceptors (Lipinski definition) is 4. The van der Waals surface area contributed by atoms with Crippen molar-refractivity contribution in [1.82, 2.24) is 24.5 Å². The van der Waals surface area contributed by atoms with Crippen molar-refractivity contribution in [2.75, 3.05) is 19.8 Å². The first kappa shape index (κ1) is 18.6. The maximum atomic E-state index is 12.5. The number of aromatic nitrogens is 4. The Morgan fingerprint density at radius 3 is 2.67 bits per heavy atom. The zero-order valence-electron chi connectivity index (χ0n) is 16.6. The van der Waals surface area contributed by atoms with Crippen LogP contribution in [0.1, 0.15) is 23.3 Å². The molecule has 0 atom stereocenters. The van der Waals surface area contributed by atoms with Crippen molar-refractivity contribution < 1.29 is 9.53 Å². The molecule has 7 heteroatoms. The highest BCUT2D eigenvalue weighted by Gasteiger charge is 2.17. The van der Waals surface area contributed by atoms with Gasteiger partial charge in [-0.05, 0) is 66.3 Å². The molecule has 0 saturated carbocycles. The number of amides is 1. The minimum atomic E-state index is -0.140. The van der Waals surface area contributed by atoms with Crippen LogP contribution in [-0.2, 0) is 4.74 Å². The fourth-order valence-corrected chi connectivity index (χ4v) is 3.84. The zero-order chi connectivity index (χ0) is 20.3. The number of hydrogen-bond donors (Lipinski definition) is 1. The molecule has 4 aromatic heterocycles. The second kappa shape index (κ2) is 8.12. The van der Waals surface area contributed by atoms with E-state index in [1.165, 1.54) is 0 Å². The van der Waals surface area contributed by atoms with Crippen molar-refractivity contribution in [1.29, 1.82) is 0 Å². The molecule has 152 valence electrons. The van der Waals surface area contributed by atoms with Gasteiger partial charge in [-0.3, -0.25) is 9.78 Å². The van der Waals surface area contributed by atoms with Crippen molar-refractivity contribution in [3.63, 3.8) is 0 Å². The van der Waals surface area contributed by atoms with Crippen molar-refractivity contribution in [2.45, 2.75) is 12.8 Å². The monoisotopic (exact) mass is 401 g/mol. The topological polar surface area (TPSA) is 73.5 Å². The molecule has 5 heterocycles. The van der Waals surface area contributed by atoms with E-state index in [9.17, 15) is 4.79 Å². The number of nitrogens with one attached hydrogen (secondary N) is 1. The van der Waals surface area contributed by atoms with Gasteiger partial charge >= 0.3 is 0 Å². The van der Waals surface area contributed by atoms with Gasteiger partial charge in [-0.25, -0.2) is 4.68 Å². The minimum absolute atomic E-state index is 0.140. The third-order valence-electron chi connectivity index (χ3n) is 5.59. The molecule has 1 aliphatic rings. The lowest BCUT2D eigenvalue weighted by Crippen LogP contribution is -2.32. The lowest BCUT2D eigenvalue weighted by atomic mass is 10.0. The standard InChI is InChI=1S/C23H23N5O2/c29-23(25-15-17-8-13-30-14-9-17)21-7-12-28(26-21)22-4-3-20-2-1-19(16-27(20)22)18-5-10-24-11-6-18/h1-7,10-12,16-17H,8-9,13-15H2,(H,25,29). The van der Waals surface area contributed by atoms with E-state index in [2.05, 4.69) is 38.1 Å². The van der Waals surface area contributed by atoms with E-state index in [-0.39, 0.29) is 5.91 Å². The van der Waals surface area contributed by atoms with Crippen LogP contribution in [0.2, 0.25) is 0 Å². The minimum Gasteiger partial charge on any atom is -0.381 e. The zero-order valence-corrected chi connectivity index (χ0v) is 16.6. The van der Waals surface area contributed by atoms with Gasteiger partial charge < -0.3 is 14.5 Å². The van der Waals surface area contributed by atoms with E-state index in [4.69, 9.17) is 4.74 Å². The van der Waals surface area contributed by atoms with Gasteiger partial charge in [0.1, 0.15) is 5.82 Å². The molecule has 0 aromatic carbocycles. The number of pyridine rings is 2. The van der Waals surface area contributed by atoms with E-state index in [1.807, 2.05) is 30.5 Å². The highest BCUT2D eigenvalue weighted by Crippen LogP contribution is 2.22. The molecule has 1 aliphatic heterocycles. The molecule has 0 spiro atoms. The number of carbonyl (C=O) groups is 1. The Morgan fingerprint density at radius 2 is 1.83 bits per heavy atom. The van der Waals surface area contributed by atoms with E-state index < -0.39 is 0 Å². The summed E-state index contributed by atoms with van der Waals surface area (Å²) in [5, 5.41) is 7.53. The summed E-state index contributed by atoms with van der Waals surface area (Å²) in [5.41, 5.74) is 3.66. The van der Waals surface area contributed by atoms with Gasteiger partial charge in [-0.1, -0.05) is 6.07 Å². The highest BCUT2D eigenvalue weighted by atomic mass is 16.5. The summed E-state index contributed by atoms with van der Waals surface area (Å²) in [6.07, 6.45) is 9.45. The molecular weight excluding hydrogens is 378 g/mol. The molecule has 7 nitrogen and oxygen atoms in total. The third-order valence-corrected chi connectivity index (χ3v) is 5.59. The lowest BCUT2D eigenvalue weighted by Gasteiger charge is -2.21. The Labute approximate surface area is 174 Å². The van der Waals surface area contributed by atoms with Crippen LogP contribution < -0.4 is 5.32 Å². The summed E-state index contributed by atoms with van der Waals surface area (Å²) in [4.78, 5) is 16.6. The third kappa shape index (κ3) is 3.71. The van der Waals surface area contributed by atoms with Crippen molar-refractivity contribution >= 4 is 11.4 Å². The average molecular weight is 401 g/mol. The van der Waals surface area contributed by atoms with Crippen LogP contribution in [0.3, 0.4) is 0 Å². The predicted molar refractivity (Wildman–Crippen MR) is 114 cm³/mol. The van der Waals surface area contributed by atoms with Gasteiger partial charge in [0.15, 0.2) is 5.69 Å². The second-order valence-electron chi connectivity index (χ2n) is 7.55. The summed E-state index contributed by atoms with van der Waals surface area (Å²) >= 11 is 0. The molecule has 4 aromatic rings. The fourth-order valence-electron chi connectivity index (χ4n) is 3.84. The van der Waals surface area contributed by atoms with Crippen molar-refractivity contribution in [2.24, 2.45) is 5.92 Å². The molecule has 5 rings (SSSR count). The van der Waals surface area contributed by atoms with Crippen LogP contribution in [0.15, 0.2) is 67.3 Å². The van der Waals surface area contributed by atoms with Crippen LogP contribution in [-0.4, -0.2) is 44.8 Å². The van der Waals surface area contributed by atoms with Gasteiger partial charge in [0.2, 0.25) is 0 Å². The van der Waals surface area contributed by atoms with Crippen LogP contribution in [0, 0.1) is 5.92 Å². The summed E-state index contributed by atoms with van der Waals surface area (Å²) in [6, 6.07) is 13.9. The first-order valence-corrected chi connectivity index (χ1v) is 10.2. The van der Waals surface area contributed by atoms with Gasteiger partial charge in [-0.2, -0.15) is 5.10 Å². The Kier molecular flexibility index (Phi) is 5.03. The molecule has 0 bridgehead atoms. The summed E-state index contributed by atoms with van der Waals surface area (Å²) in [5.74, 6) is 1.22. The molecule has 1 amide bonds. The predicted octanol–water partition coefficient (Wildman–Crippen LogP) is 3.34. The Bertz CT molecular complexity index is 1160. The molecular formula is C23H23N5O2. The van der Waals surface area contributed by atoms with Crippen molar-refractivity contribution in [3.05, 3.63) is 72.9 Å². The van der Waals surface area contributed by atoms with E-state index in [1.54, 1.807) is 23.1 Å². The number of nitrogens with zero attached hydrogens (tertiary/aromatic N) is 4. The molecule has 0 aliphatic carbocycles. The molecule has 1 N–H and O–H groups in total. The van der Waals surface area contributed by atoms with Gasteiger partial charge in [0, 0.05) is 50.1 Å². The maximum absolute atomic E-state index is 12.5. The number of ether oxygens (including phenoxy) is 1. The highest BCUT2D eigenvalue weighted by molar-refractivity contribution is 5.92. The van der Waals surface area contributed by atoms with Gasteiger partial charge in [0.05, 0.1) is 0 Å². The quantitative estimate of drug-likeness (QED) is 0.557. The van der Waals surface area contributed by atoms with Crippen LogP contribution in [0.4, 0.5) is 0 Å². The molecule has 1 fully saturated rings. The largest absolute Gasteiger partial charge is 0.381 e. The Balaban J connectivity index is 1.37. The van der Waals surface area contributed by atoms with Crippen molar-refractivity contribution in [3.8, 4) is 16.9 Å². The SMILES string of the molecule is O=C(NCC1CCOCC1)c1ccn(-c2ccc3ccc(-c4ccncc4)cn23)n1. The summed E-state index contributed by atoms with van der Waals surface area (Å²) in [7, 11) is 0. The molecule has 0 unspecified atom stereocenters. The van der Waals surface area contributed by atoms with E-state index in [0.29, 0.717) is 18.2 Å². The summed E-state index contributed by atoms with van der Waals surface area (Å²) in [6.45, 7) is 2.22. The normalized spacial score (nSPS) is 14.8. The van der Waals surface area contributed by atoms with Gasteiger partial charge in [0.25, 0.3) is 5.91 Å². The lowest BCUT2D eigenvalue weighted by molar-refractivity contribution is 0.0642. The van der Waals surface area contributed by atoms with E-state index >= 15 is 0 Å². The smallest absolute Gasteiger partial charge is 0.271 e. The van der Waals surface area contributed by atoms with E-state index in [0.717, 1.165) is 48.5 Å². The molecule has 30 heavy (non-hydrogen) atoms. The van der Waals surface area contributed by atoms with Gasteiger partial charge in [-0.15, -0.1) is 0 Å². The maximum Gasteiger partial charge on any atom is 0.271 e. The number of rotatable bonds is 5. The van der Waals surface area contributed by atoms with Crippen LogP contribution in [0.25, 0.3) is 22.5 Å². The first-order valence-electron chi connectivity index (χ1n) is 10.2. The fraction of sp³-hybridized carbons (Fsp3) is 0.261. The number of carbonyl (C=O) groups excluding carboxylic acids is 1. The Morgan fingerprint density at radius 1 is 1.03 bits per heavy atom. The van der Waals surface area contributed by atoms with Crippen LogP contribution in [0.5, 0.6) is 0 Å². The molecule has 1 saturated heterocycles.